The molecule has 0 amide bonds. The smallest absolute Gasteiger partial charge is 0.352 e. The quantitative estimate of drug-likeness (QED) is 0.627. The van der Waals surface area contributed by atoms with Gasteiger partial charge in [0.2, 0.25) is 0 Å². The van der Waals surface area contributed by atoms with Crippen molar-refractivity contribution in [1.29, 1.82) is 5.26 Å². The van der Waals surface area contributed by atoms with Crippen molar-refractivity contribution >= 4 is 5.97 Å². The number of hydrogen-bond donors (Lipinski definition) is 0. The van der Waals surface area contributed by atoms with Gasteiger partial charge in [0.15, 0.2) is 17.6 Å². The van der Waals surface area contributed by atoms with E-state index in [0.717, 1.165) is 0 Å². The first-order valence-electron chi connectivity index (χ1n) is 6.65. The molecule has 22 heavy (non-hydrogen) atoms. The molecule has 0 spiro atoms. The van der Waals surface area contributed by atoms with Gasteiger partial charge in [0.25, 0.3) is 0 Å². The Morgan fingerprint density at radius 1 is 1.14 bits per heavy atom. The maximum absolute atomic E-state index is 12.1. The molecule has 2 aromatic carbocycles. The Balaban J connectivity index is 2.07. The molecular weight excluding hydrogens is 282 g/mol. The number of nitrogens with zero attached hydrogens (tertiary/aromatic N) is 1. The second-order valence-electron chi connectivity index (χ2n) is 4.47. The van der Waals surface area contributed by atoms with Gasteiger partial charge in [0.1, 0.15) is 5.75 Å². The fourth-order valence-electron chi connectivity index (χ4n) is 1.76. The molecule has 0 radical (unpaired) electrons. The van der Waals surface area contributed by atoms with E-state index in [4.69, 9.17) is 19.5 Å². The van der Waals surface area contributed by atoms with Gasteiger partial charge < -0.3 is 14.2 Å². The molecule has 0 aliphatic heterocycles. The first kappa shape index (κ1) is 15.4. The Bertz CT molecular complexity index is 692. The van der Waals surface area contributed by atoms with Gasteiger partial charge in [0, 0.05) is 6.07 Å². The Kier molecular flexibility index (Phi) is 4.99. The van der Waals surface area contributed by atoms with Crippen LogP contribution in [0.2, 0.25) is 0 Å². The lowest BCUT2D eigenvalue weighted by atomic mass is 10.2. The number of benzene rings is 2. The third-order valence-electron chi connectivity index (χ3n) is 2.89. The van der Waals surface area contributed by atoms with Crippen LogP contribution in [0, 0.1) is 11.3 Å². The third-order valence-corrected chi connectivity index (χ3v) is 2.89. The highest BCUT2D eigenvalue weighted by Crippen LogP contribution is 2.28. The summed E-state index contributed by atoms with van der Waals surface area (Å²) >= 11 is 0. The molecule has 1 atom stereocenters. The summed E-state index contributed by atoms with van der Waals surface area (Å²) in [6.45, 7) is 1.60. The highest BCUT2D eigenvalue weighted by atomic mass is 16.6. The molecule has 5 heteroatoms. The van der Waals surface area contributed by atoms with Crippen molar-refractivity contribution in [2.75, 3.05) is 7.11 Å². The predicted molar refractivity (Wildman–Crippen MR) is 79.9 cm³/mol. The Morgan fingerprint density at radius 3 is 2.50 bits per heavy atom. The summed E-state index contributed by atoms with van der Waals surface area (Å²) in [6, 6.07) is 15.6. The van der Waals surface area contributed by atoms with Gasteiger partial charge in [-0.1, -0.05) is 18.2 Å². The largest absolute Gasteiger partial charge is 0.493 e. The number of hydrogen-bond acceptors (Lipinski definition) is 5. The summed E-state index contributed by atoms with van der Waals surface area (Å²) in [5.74, 6) is 0.597. The first-order chi connectivity index (χ1) is 10.6. The van der Waals surface area contributed by atoms with Crippen molar-refractivity contribution in [2.24, 2.45) is 0 Å². The molecule has 0 heterocycles. The molecule has 5 nitrogen and oxygen atoms in total. The monoisotopic (exact) mass is 297 g/mol. The lowest BCUT2D eigenvalue weighted by Crippen LogP contribution is -2.28. The number of esters is 1. The molecule has 0 N–H and O–H groups in total. The number of carbonyl (C=O) groups excluding carboxylic acids is 1. The van der Waals surface area contributed by atoms with Crippen LogP contribution in [-0.4, -0.2) is 19.2 Å². The van der Waals surface area contributed by atoms with Crippen LogP contribution in [0.25, 0.3) is 0 Å². The van der Waals surface area contributed by atoms with Gasteiger partial charge in [-0.25, -0.2) is 4.79 Å². The standard InChI is InChI=1S/C17H15NO4/c1-12(21-14-6-4-3-5-7-14)17(19)22-15-9-8-13(11-18)10-16(15)20-2/h3-10,12H,1-2H3. The summed E-state index contributed by atoms with van der Waals surface area (Å²) in [5, 5.41) is 8.85. The van der Waals surface area contributed by atoms with Crippen LogP contribution in [-0.2, 0) is 4.79 Å². The van der Waals surface area contributed by atoms with Crippen molar-refractivity contribution in [1.82, 2.24) is 0 Å². The summed E-state index contributed by atoms with van der Waals surface area (Å²) in [5.41, 5.74) is 0.422. The number of nitriles is 1. The molecule has 0 saturated carbocycles. The predicted octanol–water partition coefficient (Wildman–Crippen LogP) is 2.94. The summed E-state index contributed by atoms with van der Waals surface area (Å²) in [7, 11) is 1.44. The van der Waals surface area contributed by atoms with E-state index in [1.54, 1.807) is 25.1 Å². The van der Waals surface area contributed by atoms with Crippen LogP contribution in [0.3, 0.4) is 0 Å². The zero-order valence-corrected chi connectivity index (χ0v) is 12.3. The first-order valence-corrected chi connectivity index (χ1v) is 6.65. The molecule has 112 valence electrons. The second-order valence-corrected chi connectivity index (χ2v) is 4.47. The molecule has 2 aromatic rings. The minimum atomic E-state index is -0.775. The maximum Gasteiger partial charge on any atom is 0.352 e. The minimum Gasteiger partial charge on any atom is -0.493 e. The van der Waals surface area contributed by atoms with Gasteiger partial charge in [-0.05, 0) is 31.2 Å². The van der Waals surface area contributed by atoms with E-state index in [0.29, 0.717) is 17.1 Å². The summed E-state index contributed by atoms with van der Waals surface area (Å²) < 4.78 is 15.9. The second kappa shape index (κ2) is 7.14. The van der Waals surface area contributed by atoms with Crippen molar-refractivity contribution in [3.63, 3.8) is 0 Å². The molecule has 0 fully saturated rings. The molecule has 0 aliphatic rings. The SMILES string of the molecule is COc1cc(C#N)ccc1OC(=O)C(C)Oc1ccccc1. The topological polar surface area (TPSA) is 68.5 Å². The van der Waals surface area contributed by atoms with Crippen molar-refractivity contribution < 1.29 is 19.0 Å². The third kappa shape index (κ3) is 3.76. The number of ether oxygens (including phenoxy) is 3. The van der Waals surface area contributed by atoms with Gasteiger partial charge in [-0.3, -0.25) is 0 Å². The van der Waals surface area contributed by atoms with E-state index in [9.17, 15) is 4.79 Å². The number of methoxy groups -OCH3 is 1. The van der Waals surface area contributed by atoms with Gasteiger partial charge in [-0.15, -0.1) is 0 Å². The van der Waals surface area contributed by atoms with Crippen molar-refractivity contribution in [3.05, 3.63) is 54.1 Å². The normalized spacial score (nSPS) is 11.1. The van der Waals surface area contributed by atoms with Crippen LogP contribution in [0.15, 0.2) is 48.5 Å². The average Bonchev–Trinajstić information content (AvgIpc) is 2.56. The van der Waals surface area contributed by atoms with Crippen LogP contribution in [0.5, 0.6) is 17.2 Å². The van der Waals surface area contributed by atoms with Gasteiger partial charge >= 0.3 is 5.97 Å². The summed E-state index contributed by atoms with van der Waals surface area (Å²) in [6.07, 6.45) is -0.775. The number of rotatable bonds is 5. The maximum atomic E-state index is 12.1. The molecule has 0 aromatic heterocycles. The van der Waals surface area contributed by atoms with E-state index in [-0.39, 0.29) is 5.75 Å². The summed E-state index contributed by atoms with van der Waals surface area (Å²) in [4.78, 5) is 12.1. The number of para-hydroxylation sites is 1. The number of carbonyl (C=O) groups is 1. The van der Waals surface area contributed by atoms with Crippen LogP contribution < -0.4 is 14.2 Å². The van der Waals surface area contributed by atoms with Crippen LogP contribution in [0.4, 0.5) is 0 Å². The zero-order valence-electron chi connectivity index (χ0n) is 12.3. The van der Waals surface area contributed by atoms with Crippen LogP contribution >= 0.6 is 0 Å². The fraction of sp³-hybridized carbons (Fsp3) is 0.176. The van der Waals surface area contributed by atoms with E-state index < -0.39 is 12.1 Å². The Morgan fingerprint density at radius 2 is 1.86 bits per heavy atom. The fourth-order valence-corrected chi connectivity index (χ4v) is 1.76. The van der Waals surface area contributed by atoms with Gasteiger partial charge in [0.05, 0.1) is 18.7 Å². The molecule has 1 unspecified atom stereocenters. The highest BCUT2D eigenvalue weighted by molar-refractivity contribution is 5.78. The average molecular weight is 297 g/mol. The Hall–Kier alpha value is -3.00. The van der Waals surface area contributed by atoms with E-state index in [1.807, 2.05) is 24.3 Å². The molecular formula is C17H15NO4. The lowest BCUT2D eigenvalue weighted by molar-refractivity contribution is -0.141. The highest BCUT2D eigenvalue weighted by Gasteiger charge is 2.19. The molecule has 2 rings (SSSR count). The van der Waals surface area contributed by atoms with Crippen molar-refractivity contribution in [3.8, 4) is 23.3 Å². The van der Waals surface area contributed by atoms with Crippen LogP contribution in [0.1, 0.15) is 12.5 Å². The zero-order chi connectivity index (χ0) is 15.9. The molecule has 0 bridgehead atoms. The molecule has 0 aliphatic carbocycles. The molecule has 0 saturated heterocycles. The van der Waals surface area contributed by atoms with E-state index in [2.05, 4.69) is 0 Å². The minimum absolute atomic E-state index is 0.245. The Labute approximate surface area is 128 Å². The van der Waals surface area contributed by atoms with Gasteiger partial charge in [-0.2, -0.15) is 5.26 Å². The van der Waals surface area contributed by atoms with Crippen molar-refractivity contribution in [2.45, 2.75) is 13.0 Å². The van der Waals surface area contributed by atoms with E-state index in [1.165, 1.54) is 19.2 Å². The lowest BCUT2D eigenvalue weighted by Gasteiger charge is -2.15. The van der Waals surface area contributed by atoms with E-state index >= 15 is 0 Å².